The maximum Gasteiger partial charge on any atom is 0.0699 e. The summed E-state index contributed by atoms with van der Waals surface area (Å²) >= 11 is 0. The summed E-state index contributed by atoms with van der Waals surface area (Å²) in [5.41, 5.74) is 2.37. The number of aromatic nitrogens is 2. The molecule has 2 rings (SSSR count). The number of hydrogen-bond acceptors (Lipinski definition) is 2. The standard InChI is InChI=1S/C13H19N3/c1-3-4-5-8-14-12-7-6-11-10-15-16(2)13(11)9-12/h6-7,9-10,14H,3-5,8H2,1-2H3. The Hall–Kier alpha value is -1.51. The van der Waals surface area contributed by atoms with Crippen LogP contribution in [0, 0.1) is 0 Å². The number of aryl methyl sites for hydroxylation is 1. The van der Waals surface area contributed by atoms with Crippen molar-refractivity contribution in [2.24, 2.45) is 7.05 Å². The lowest BCUT2D eigenvalue weighted by atomic mass is 10.2. The zero-order valence-electron chi connectivity index (χ0n) is 10.0. The van der Waals surface area contributed by atoms with Gasteiger partial charge in [0.25, 0.3) is 0 Å². The summed E-state index contributed by atoms with van der Waals surface area (Å²) in [7, 11) is 1.98. The van der Waals surface area contributed by atoms with Gasteiger partial charge in [-0.2, -0.15) is 5.10 Å². The van der Waals surface area contributed by atoms with E-state index in [0.29, 0.717) is 0 Å². The van der Waals surface area contributed by atoms with Gasteiger partial charge in [0.05, 0.1) is 11.7 Å². The monoisotopic (exact) mass is 217 g/mol. The Labute approximate surface area is 96.5 Å². The van der Waals surface area contributed by atoms with Crippen molar-refractivity contribution >= 4 is 16.6 Å². The van der Waals surface area contributed by atoms with Gasteiger partial charge < -0.3 is 5.32 Å². The Morgan fingerprint density at radius 3 is 3.00 bits per heavy atom. The first-order valence-electron chi connectivity index (χ1n) is 5.97. The molecule has 0 bridgehead atoms. The summed E-state index contributed by atoms with van der Waals surface area (Å²) in [4.78, 5) is 0. The third-order valence-electron chi connectivity index (χ3n) is 2.86. The van der Waals surface area contributed by atoms with Crippen molar-refractivity contribution in [1.82, 2.24) is 9.78 Å². The smallest absolute Gasteiger partial charge is 0.0699 e. The van der Waals surface area contributed by atoms with Crippen LogP contribution in [0.25, 0.3) is 10.9 Å². The highest BCUT2D eigenvalue weighted by Gasteiger charge is 2.00. The molecule has 0 radical (unpaired) electrons. The van der Waals surface area contributed by atoms with Crippen LogP contribution in [0.3, 0.4) is 0 Å². The molecule has 0 amide bonds. The molecule has 0 unspecified atom stereocenters. The molecule has 0 saturated heterocycles. The van der Waals surface area contributed by atoms with Gasteiger partial charge >= 0.3 is 0 Å². The summed E-state index contributed by atoms with van der Waals surface area (Å²) in [6, 6.07) is 6.40. The molecule has 2 aromatic rings. The first kappa shape index (κ1) is 11.0. The highest BCUT2D eigenvalue weighted by Crippen LogP contribution is 2.18. The van der Waals surface area contributed by atoms with Crippen LogP contribution in [0.15, 0.2) is 24.4 Å². The van der Waals surface area contributed by atoms with E-state index in [-0.39, 0.29) is 0 Å². The van der Waals surface area contributed by atoms with E-state index in [1.54, 1.807) is 0 Å². The number of hydrogen-bond donors (Lipinski definition) is 1. The maximum absolute atomic E-state index is 4.24. The molecule has 0 fully saturated rings. The summed E-state index contributed by atoms with van der Waals surface area (Å²) in [5.74, 6) is 0. The lowest BCUT2D eigenvalue weighted by Crippen LogP contribution is -2.01. The molecule has 0 aliphatic heterocycles. The number of unbranched alkanes of at least 4 members (excludes halogenated alkanes) is 2. The number of fused-ring (bicyclic) bond motifs is 1. The molecule has 0 aliphatic rings. The summed E-state index contributed by atoms with van der Waals surface area (Å²) in [5, 5.41) is 8.88. The molecule has 0 spiro atoms. The maximum atomic E-state index is 4.24. The zero-order chi connectivity index (χ0) is 11.4. The fourth-order valence-electron chi connectivity index (χ4n) is 1.86. The average Bonchev–Trinajstić information content (AvgIpc) is 2.67. The molecular weight excluding hydrogens is 198 g/mol. The molecule has 0 aliphatic carbocycles. The Balaban J connectivity index is 2.04. The second-order valence-corrected chi connectivity index (χ2v) is 4.18. The van der Waals surface area contributed by atoms with Crippen molar-refractivity contribution < 1.29 is 0 Å². The van der Waals surface area contributed by atoms with Crippen LogP contribution in [0.4, 0.5) is 5.69 Å². The van der Waals surface area contributed by atoms with Crippen LogP contribution in [-0.4, -0.2) is 16.3 Å². The SMILES string of the molecule is CCCCCNc1ccc2cnn(C)c2c1. The van der Waals surface area contributed by atoms with Crippen LogP contribution in [0.2, 0.25) is 0 Å². The van der Waals surface area contributed by atoms with Crippen molar-refractivity contribution in [2.75, 3.05) is 11.9 Å². The predicted octanol–water partition coefficient (Wildman–Crippen LogP) is 3.18. The number of rotatable bonds is 5. The minimum absolute atomic E-state index is 1.05. The van der Waals surface area contributed by atoms with Gasteiger partial charge in [-0.15, -0.1) is 0 Å². The Morgan fingerprint density at radius 1 is 1.31 bits per heavy atom. The predicted molar refractivity (Wildman–Crippen MR) is 68.7 cm³/mol. The van der Waals surface area contributed by atoms with E-state index in [9.17, 15) is 0 Å². The third-order valence-corrected chi connectivity index (χ3v) is 2.86. The van der Waals surface area contributed by atoms with Crippen LogP contribution in [0.5, 0.6) is 0 Å². The molecule has 1 aromatic heterocycles. The average molecular weight is 217 g/mol. The summed E-state index contributed by atoms with van der Waals surface area (Å²) < 4.78 is 1.91. The molecular formula is C13H19N3. The fraction of sp³-hybridized carbons (Fsp3) is 0.462. The highest BCUT2D eigenvalue weighted by atomic mass is 15.2. The van der Waals surface area contributed by atoms with Gasteiger partial charge in [0.1, 0.15) is 0 Å². The van der Waals surface area contributed by atoms with Gasteiger partial charge in [-0.25, -0.2) is 0 Å². The Kier molecular flexibility index (Phi) is 3.44. The minimum Gasteiger partial charge on any atom is -0.385 e. The lowest BCUT2D eigenvalue weighted by Gasteiger charge is -2.06. The second kappa shape index (κ2) is 5.01. The second-order valence-electron chi connectivity index (χ2n) is 4.18. The number of nitrogens with one attached hydrogen (secondary N) is 1. The van der Waals surface area contributed by atoms with Crippen molar-refractivity contribution in [3.8, 4) is 0 Å². The summed E-state index contributed by atoms with van der Waals surface area (Å²) in [6.07, 6.45) is 5.69. The van der Waals surface area contributed by atoms with E-state index >= 15 is 0 Å². The van der Waals surface area contributed by atoms with Crippen molar-refractivity contribution in [3.63, 3.8) is 0 Å². The van der Waals surface area contributed by atoms with E-state index in [2.05, 4.69) is 35.5 Å². The Bertz CT molecular complexity index is 459. The first-order valence-corrected chi connectivity index (χ1v) is 5.97. The van der Waals surface area contributed by atoms with Gasteiger partial charge in [0.2, 0.25) is 0 Å². The molecule has 0 saturated carbocycles. The first-order chi connectivity index (χ1) is 7.81. The number of benzene rings is 1. The van der Waals surface area contributed by atoms with Gasteiger partial charge in [-0.05, 0) is 24.6 Å². The van der Waals surface area contributed by atoms with Crippen molar-refractivity contribution in [2.45, 2.75) is 26.2 Å². The molecule has 86 valence electrons. The van der Waals surface area contributed by atoms with Gasteiger partial charge in [-0.3, -0.25) is 4.68 Å². The molecule has 3 heteroatoms. The van der Waals surface area contributed by atoms with E-state index in [1.807, 2.05) is 17.9 Å². The van der Waals surface area contributed by atoms with Crippen LogP contribution >= 0.6 is 0 Å². The van der Waals surface area contributed by atoms with Gasteiger partial charge in [-0.1, -0.05) is 19.8 Å². The van der Waals surface area contributed by atoms with E-state index in [4.69, 9.17) is 0 Å². The zero-order valence-corrected chi connectivity index (χ0v) is 10.0. The van der Waals surface area contributed by atoms with Crippen molar-refractivity contribution in [3.05, 3.63) is 24.4 Å². The molecule has 3 nitrogen and oxygen atoms in total. The molecule has 1 N–H and O–H groups in total. The van der Waals surface area contributed by atoms with Crippen LogP contribution in [-0.2, 0) is 7.05 Å². The van der Waals surface area contributed by atoms with E-state index < -0.39 is 0 Å². The van der Waals surface area contributed by atoms with Gasteiger partial charge in [0.15, 0.2) is 0 Å². The molecule has 1 heterocycles. The van der Waals surface area contributed by atoms with Crippen molar-refractivity contribution in [1.29, 1.82) is 0 Å². The van der Waals surface area contributed by atoms with Gasteiger partial charge in [0, 0.05) is 24.7 Å². The topological polar surface area (TPSA) is 29.9 Å². The van der Waals surface area contributed by atoms with Crippen LogP contribution in [0.1, 0.15) is 26.2 Å². The minimum atomic E-state index is 1.05. The van der Waals surface area contributed by atoms with Crippen LogP contribution < -0.4 is 5.32 Å². The third kappa shape index (κ3) is 2.35. The number of nitrogens with zero attached hydrogens (tertiary/aromatic N) is 2. The normalized spacial score (nSPS) is 10.9. The number of anilines is 1. The molecule has 1 aromatic carbocycles. The highest BCUT2D eigenvalue weighted by molar-refractivity contribution is 5.82. The fourth-order valence-corrected chi connectivity index (χ4v) is 1.86. The lowest BCUT2D eigenvalue weighted by molar-refractivity contribution is 0.744. The molecule has 16 heavy (non-hydrogen) atoms. The quantitative estimate of drug-likeness (QED) is 0.779. The van der Waals surface area contributed by atoms with E-state index in [0.717, 1.165) is 6.54 Å². The Morgan fingerprint density at radius 2 is 2.19 bits per heavy atom. The molecule has 0 atom stereocenters. The largest absolute Gasteiger partial charge is 0.385 e. The summed E-state index contributed by atoms with van der Waals surface area (Å²) in [6.45, 7) is 3.28. The van der Waals surface area contributed by atoms with E-state index in [1.165, 1.54) is 35.9 Å².